The van der Waals surface area contributed by atoms with Gasteiger partial charge in [0.2, 0.25) is 5.91 Å². The van der Waals surface area contributed by atoms with Crippen LogP contribution in [0.25, 0.3) is 0 Å². The van der Waals surface area contributed by atoms with E-state index in [1.54, 1.807) is 0 Å². The zero-order valence-electron chi connectivity index (χ0n) is 14.8. The monoisotopic (exact) mass is 357 g/mol. The van der Waals surface area contributed by atoms with Gasteiger partial charge in [0.05, 0.1) is 6.54 Å². The number of benzene rings is 2. The fourth-order valence-corrected chi connectivity index (χ4v) is 3.42. The molecule has 1 aromatic heterocycles. The lowest BCUT2D eigenvalue weighted by Crippen LogP contribution is -2.23. The number of terminal acetylenes is 1. The second-order valence-electron chi connectivity index (χ2n) is 6.45. The number of carbonyl (C=O) groups excluding carboxylic acids is 1. The van der Waals surface area contributed by atoms with E-state index in [2.05, 4.69) is 28.5 Å². The molecule has 0 bridgehead atoms. The lowest BCUT2D eigenvalue weighted by molar-refractivity contribution is -0.116. The molecule has 3 aromatic rings. The van der Waals surface area contributed by atoms with Crippen LogP contribution in [0.3, 0.4) is 0 Å². The zero-order chi connectivity index (χ0) is 18.6. The van der Waals surface area contributed by atoms with E-state index in [0.29, 0.717) is 24.5 Å². The Hall–Kier alpha value is -3.52. The van der Waals surface area contributed by atoms with E-state index in [1.165, 1.54) is 0 Å². The standard InChI is InChI=1S/C22H19N3O2/c1-2-12-27-20-11-7-6-10-17(20)18-13-21(26)23-22-19(18)15-25(24-22)14-16-8-4-3-5-9-16/h1,3-11,15,18H,12-14H2,(H,23,24,26)/t18-/m1/s1. The van der Waals surface area contributed by atoms with Gasteiger partial charge < -0.3 is 10.1 Å². The minimum atomic E-state index is -0.118. The molecular formula is C22H19N3O2. The summed E-state index contributed by atoms with van der Waals surface area (Å²) >= 11 is 0. The minimum absolute atomic E-state index is 0.0517. The van der Waals surface area contributed by atoms with Crippen LogP contribution in [0.1, 0.15) is 29.0 Å². The van der Waals surface area contributed by atoms with Gasteiger partial charge in [0.15, 0.2) is 5.82 Å². The number of ether oxygens (including phenoxy) is 1. The Balaban J connectivity index is 1.69. The Labute approximate surface area is 158 Å². The van der Waals surface area contributed by atoms with Gasteiger partial charge in [-0.25, -0.2) is 0 Å². The summed E-state index contributed by atoms with van der Waals surface area (Å²) in [5.41, 5.74) is 3.09. The molecule has 4 rings (SSSR count). The summed E-state index contributed by atoms with van der Waals surface area (Å²) in [7, 11) is 0. The quantitative estimate of drug-likeness (QED) is 0.712. The van der Waals surface area contributed by atoms with Crippen molar-refractivity contribution in [3.63, 3.8) is 0 Å². The Bertz CT molecular complexity index is 1000. The highest BCUT2D eigenvalue weighted by Gasteiger charge is 2.31. The lowest BCUT2D eigenvalue weighted by atomic mass is 9.87. The van der Waals surface area contributed by atoms with Gasteiger partial charge in [0, 0.05) is 29.7 Å². The maximum Gasteiger partial charge on any atom is 0.226 e. The molecule has 1 atom stereocenters. The van der Waals surface area contributed by atoms with Crippen molar-refractivity contribution in [1.82, 2.24) is 9.78 Å². The molecule has 0 fully saturated rings. The van der Waals surface area contributed by atoms with Crippen LogP contribution >= 0.6 is 0 Å². The van der Waals surface area contributed by atoms with Gasteiger partial charge >= 0.3 is 0 Å². The van der Waals surface area contributed by atoms with Gasteiger partial charge in [0.1, 0.15) is 12.4 Å². The van der Waals surface area contributed by atoms with Crippen molar-refractivity contribution in [2.75, 3.05) is 11.9 Å². The summed E-state index contributed by atoms with van der Waals surface area (Å²) < 4.78 is 7.56. The topological polar surface area (TPSA) is 56.1 Å². The number of hydrogen-bond donors (Lipinski definition) is 1. The van der Waals surface area contributed by atoms with Gasteiger partial charge in [-0.05, 0) is 11.6 Å². The van der Waals surface area contributed by atoms with Crippen LogP contribution in [0.4, 0.5) is 5.82 Å². The molecule has 1 aliphatic rings. The average Bonchev–Trinajstić information content (AvgIpc) is 3.08. The Morgan fingerprint density at radius 2 is 1.93 bits per heavy atom. The molecular weight excluding hydrogens is 338 g/mol. The van der Waals surface area contributed by atoms with Crippen molar-refractivity contribution >= 4 is 11.7 Å². The first kappa shape index (κ1) is 16.9. The number of rotatable bonds is 5. The highest BCUT2D eigenvalue weighted by Crippen LogP contribution is 2.40. The van der Waals surface area contributed by atoms with Crippen LogP contribution in [-0.2, 0) is 11.3 Å². The van der Waals surface area contributed by atoms with E-state index in [4.69, 9.17) is 11.2 Å². The maximum atomic E-state index is 12.3. The molecule has 0 spiro atoms. The Morgan fingerprint density at radius 1 is 1.15 bits per heavy atom. The SMILES string of the molecule is C#CCOc1ccccc1[C@H]1CC(=O)Nc2nn(Cc3ccccc3)cc21. The second kappa shape index (κ2) is 7.38. The van der Waals surface area contributed by atoms with Crippen molar-refractivity contribution in [3.05, 3.63) is 77.5 Å². The fourth-order valence-electron chi connectivity index (χ4n) is 3.42. The van der Waals surface area contributed by atoms with E-state index < -0.39 is 0 Å². The Kier molecular flexibility index (Phi) is 4.63. The number of fused-ring (bicyclic) bond motifs is 1. The van der Waals surface area contributed by atoms with Gasteiger partial charge in [-0.2, -0.15) is 5.10 Å². The molecule has 1 amide bonds. The second-order valence-corrected chi connectivity index (χ2v) is 6.45. The highest BCUT2D eigenvalue weighted by atomic mass is 16.5. The van der Waals surface area contributed by atoms with E-state index >= 15 is 0 Å². The number of nitrogens with one attached hydrogen (secondary N) is 1. The van der Waals surface area contributed by atoms with Crippen LogP contribution in [0.15, 0.2) is 60.8 Å². The highest BCUT2D eigenvalue weighted by molar-refractivity contribution is 5.94. The summed E-state index contributed by atoms with van der Waals surface area (Å²) in [6.45, 7) is 0.835. The summed E-state index contributed by atoms with van der Waals surface area (Å²) in [6, 6.07) is 17.8. The molecule has 5 nitrogen and oxygen atoms in total. The number of nitrogens with zero attached hydrogens (tertiary/aromatic N) is 2. The molecule has 0 radical (unpaired) electrons. The lowest BCUT2D eigenvalue weighted by Gasteiger charge is -2.23. The van der Waals surface area contributed by atoms with Crippen molar-refractivity contribution in [3.8, 4) is 18.1 Å². The van der Waals surface area contributed by atoms with E-state index in [1.807, 2.05) is 53.3 Å². The molecule has 5 heteroatoms. The van der Waals surface area contributed by atoms with Crippen LogP contribution < -0.4 is 10.1 Å². The summed E-state index contributed by atoms with van der Waals surface area (Å²) in [4.78, 5) is 12.3. The third-order valence-corrected chi connectivity index (χ3v) is 4.61. The predicted octanol–water partition coefficient (Wildman–Crippen LogP) is 3.42. The van der Waals surface area contributed by atoms with Crippen LogP contribution in [0.5, 0.6) is 5.75 Å². The normalized spacial score (nSPS) is 15.5. The fraction of sp³-hybridized carbons (Fsp3) is 0.182. The van der Waals surface area contributed by atoms with E-state index in [9.17, 15) is 4.79 Å². The molecule has 0 unspecified atom stereocenters. The van der Waals surface area contributed by atoms with Crippen LogP contribution in [-0.4, -0.2) is 22.3 Å². The minimum Gasteiger partial charge on any atom is -0.481 e. The average molecular weight is 357 g/mol. The first-order chi connectivity index (χ1) is 13.2. The van der Waals surface area contributed by atoms with Crippen LogP contribution in [0, 0.1) is 12.3 Å². The number of para-hydroxylation sites is 1. The first-order valence-electron chi connectivity index (χ1n) is 8.81. The smallest absolute Gasteiger partial charge is 0.226 e. The van der Waals surface area contributed by atoms with Crippen molar-refractivity contribution in [1.29, 1.82) is 0 Å². The molecule has 0 aliphatic carbocycles. The number of carbonyl (C=O) groups is 1. The number of hydrogen-bond acceptors (Lipinski definition) is 3. The zero-order valence-corrected chi connectivity index (χ0v) is 14.8. The van der Waals surface area contributed by atoms with Crippen LogP contribution in [0.2, 0.25) is 0 Å². The number of amides is 1. The summed E-state index contributed by atoms with van der Waals surface area (Å²) in [6.07, 6.45) is 7.68. The molecule has 2 heterocycles. The molecule has 0 saturated heterocycles. The molecule has 2 aromatic carbocycles. The van der Waals surface area contributed by atoms with Crippen molar-refractivity contribution in [2.45, 2.75) is 18.9 Å². The number of anilines is 1. The van der Waals surface area contributed by atoms with Crippen molar-refractivity contribution in [2.24, 2.45) is 0 Å². The van der Waals surface area contributed by atoms with E-state index in [-0.39, 0.29) is 18.4 Å². The third kappa shape index (κ3) is 3.56. The van der Waals surface area contributed by atoms with E-state index in [0.717, 1.165) is 16.7 Å². The van der Waals surface area contributed by atoms with Gasteiger partial charge in [-0.15, -0.1) is 6.42 Å². The first-order valence-corrected chi connectivity index (χ1v) is 8.81. The van der Waals surface area contributed by atoms with Gasteiger partial charge in [0.25, 0.3) is 0 Å². The summed E-state index contributed by atoms with van der Waals surface area (Å²) in [5.74, 6) is 3.63. The molecule has 1 aliphatic heterocycles. The molecule has 134 valence electrons. The molecule has 1 N–H and O–H groups in total. The summed E-state index contributed by atoms with van der Waals surface area (Å²) in [5, 5.41) is 7.46. The predicted molar refractivity (Wildman–Crippen MR) is 104 cm³/mol. The third-order valence-electron chi connectivity index (χ3n) is 4.61. The molecule has 27 heavy (non-hydrogen) atoms. The van der Waals surface area contributed by atoms with Gasteiger partial charge in [-0.1, -0.05) is 54.5 Å². The number of aromatic nitrogens is 2. The Morgan fingerprint density at radius 3 is 2.74 bits per heavy atom. The largest absolute Gasteiger partial charge is 0.481 e. The van der Waals surface area contributed by atoms with Crippen molar-refractivity contribution < 1.29 is 9.53 Å². The van der Waals surface area contributed by atoms with Gasteiger partial charge in [-0.3, -0.25) is 9.48 Å². The maximum absolute atomic E-state index is 12.3. The molecule has 0 saturated carbocycles.